The summed E-state index contributed by atoms with van der Waals surface area (Å²) in [5.74, 6) is 0.776. The summed E-state index contributed by atoms with van der Waals surface area (Å²) in [7, 11) is 0. The van der Waals surface area contributed by atoms with Gasteiger partial charge in [-0.2, -0.15) is 4.52 Å². The molecule has 0 aliphatic carbocycles. The van der Waals surface area contributed by atoms with Crippen LogP contribution in [0, 0.1) is 0 Å². The quantitative estimate of drug-likeness (QED) is 0.712. The lowest BCUT2D eigenvalue weighted by Gasteiger charge is -2.08. The van der Waals surface area contributed by atoms with Crippen molar-refractivity contribution in [1.82, 2.24) is 25.0 Å². The third kappa shape index (κ3) is 2.18. The van der Waals surface area contributed by atoms with Crippen LogP contribution in [0.15, 0.2) is 12.4 Å². The van der Waals surface area contributed by atoms with E-state index in [1.165, 1.54) is 0 Å². The van der Waals surface area contributed by atoms with E-state index in [9.17, 15) is 0 Å². The van der Waals surface area contributed by atoms with Gasteiger partial charge in [0.05, 0.1) is 12.4 Å². The topological polar surface area (TPSA) is 94.0 Å². The third-order valence-electron chi connectivity index (χ3n) is 2.01. The van der Waals surface area contributed by atoms with Crippen molar-refractivity contribution in [3.8, 4) is 0 Å². The van der Waals surface area contributed by atoms with Crippen molar-refractivity contribution >= 4 is 11.5 Å². The van der Waals surface area contributed by atoms with Crippen molar-refractivity contribution in [2.45, 2.75) is 19.4 Å². The summed E-state index contributed by atoms with van der Waals surface area (Å²) in [5, 5.41) is 14.4. The Bertz CT molecular complexity index is 435. The Labute approximate surface area is 86.7 Å². The maximum atomic E-state index is 5.65. The lowest BCUT2D eigenvalue weighted by atomic mass is 10.2. The maximum Gasteiger partial charge on any atom is 0.199 e. The first-order valence-corrected chi connectivity index (χ1v) is 4.79. The van der Waals surface area contributed by atoms with Crippen LogP contribution < -0.4 is 11.1 Å². The molecule has 15 heavy (non-hydrogen) atoms. The Morgan fingerprint density at radius 2 is 2.40 bits per heavy atom. The van der Waals surface area contributed by atoms with E-state index in [-0.39, 0.29) is 6.04 Å². The average molecular weight is 207 g/mol. The minimum atomic E-state index is 0.179. The molecule has 2 heterocycles. The number of rotatable bonds is 4. The summed E-state index contributed by atoms with van der Waals surface area (Å²) in [6.07, 6.45) is 4.18. The lowest BCUT2D eigenvalue weighted by molar-refractivity contribution is 0.686. The number of hydrogen-bond acceptors (Lipinski definition) is 6. The zero-order valence-electron chi connectivity index (χ0n) is 8.46. The highest BCUT2D eigenvalue weighted by Gasteiger charge is 2.03. The first-order valence-electron chi connectivity index (χ1n) is 4.79. The second kappa shape index (κ2) is 4.18. The standard InChI is InChI=1S/C8H13N7/c1-6(9)2-3-11-7-4-10-5-8-12-13-14-15(7)8/h4-6,11H,2-3,9H2,1H3. The minimum absolute atomic E-state index is 0.179. The maximum absolute atomic E-state index is 5.65. The smallest absolute Gasteiger partial charge is 0.199 e. The third-order valence-corrected chi connectivity index (χ3v) is 2.01. The molecule has 2 aromatic heterocycles. The number of nitrogens with two attached hydrogens (primary N) is 1. The SMILES string of the molecule is CC(N)CCNc1cncc2nnnn12. The van der Waals surface area contributed by atoms with Crippen LogP contribution in [0.2, 0.25) is 0 Å². The molecule has 0 amide bonds. The van der Waals surface area contributed by atoms with Crippen LogP contribution in [0.1, 0.15) is 13.3 Å². The Morgan fingerprint density at radius 3 is 3.20 bits per heavy atom. The molecule has 0 saturated heterocycles. The highest BCUT2D eigenvalue weighted by Crippen LogP contribution is 2.05. The molecule has 7 heteroatoms. The van der Waals surface area contributed by atoms with Gasteiger partial charge in [-0.25, -0.2) is 0 Å². The Hall–Kier alpha value is -1.76. The van der Waals surface area contributed by atoms with Crippen LogP contribution in [-0.2, 0) is 0 Å². The average Bonchev–Trinajstić information content (AvgIpc) is 2.65. The van der Waals surface area contributed by atoms with Gasteiger partial charge in [0.2, 0.25) is 0 Å². The van der Waals surface area contributed by atoms with Crippen molar-refractivity contribution in [1.29, 1.82) is 0 Å². The summed E-state index contributed by atoms with van der Waals surface area (Å²) in [4.78, 5) is 4.03. The number of nitrogens with one attached hydrogen (secondary N) is 1. The Balaban J connectivity index is 2.10. The van der Waals surface area contributed by atoms with Crippen LogP contribution in [0.25, 0.3) is 5.65 Å². The first kappa shape index (κ1) is 9.78. The molecule has 0 aliphatic rings. The highest BCUT2D eigenvalue weighted by molar-refractivity contribution is 5.43. The van der Waals surface area contributed by atoms with Crippen LogP contribution in [0.5, 0.6) is 0 Å². The number of anilines is 1. The largest absolute Gasteiger partial charge is 0.369 e. The van der Waals surface area contributed by atoms with Gasteiger partial charge in [-0.05, 0) is 23.8 Å². The fourth-order valence-electron chi connectivity index (χ4n) is 1.22. The molecule has 1 unspecified atom stereocenters. The van der Waals surface area contributed by atoms with E-state index in [4.69, 9.17) is 5.73 Å². The molecule has 0 bridgehead atoms. The van der Waals surface area contributed by atoms with Crippen LogP contribution in [0.3, 0.4) is 0 Å². The summed E-state index contributed by atoms with van der Waals surface area (Å²) in [6.45, 7) is 2.75. The molecule has 0 aliphatic heterocycles. The number of hydrogen-bond donors (Lipinski definition) is 2. The minimum Gasteiger partial charge on any atom is -0.369 e. The van der Waals surface area contributed by atoms with Crippen molar-refractivity contribution in [2.75, 3.05) is 11.9 Å². The van der Waals surface area contributed by atoms with Gasteiger partial charge in [-0.3, -0.25) is 4.98 Å². The first-order chi connectivity index (χ1) is 7.27. The van der Waals surface area contributed by atoms with Gasteiger partial charge in [0.25, 0.3) is 0 Å². The van der Waals surface area contributed by atoms with Gasteiger partial charge in [0.1, 0.15) is 5.82 Å². The zero-order chi connectivity index (χ0) is 10.7. The number of fused-ring (bicyclic) bond motifs is 1. The molecular weight excluding hydrogens is 194 g/mol. The summed E-state index contributed by atoms with van der Waals surface area (Å²) < 4.78 is 1.61. The zero-order valence-corrected chi connectivity index (χ0v) is 8.46. The molecular formula is C8H13N7. The molecule has 7 nitrogen and oxygen atoms in total. The van der Waals surface area contributed by atoms with Gasteiger partial charge >= 0.3 is 0 Å². The number of aromatic nitrogens is 5. The molecule has 0 aromatic carbocycles. The molecule has 2 aromatic rings. The monoisotopic (exact) mass is 207 g/mol. The van der Waals surface area contributed by atoms with Gasteiger partial charge in [-0.1, -0.05) is 0 Å². The molecule has 2 rings (SSSR count). The number of nitrogens with zero attached hydrogens (tertiary/aromatic N) is 5. The molecule has 1 atom stereocenters. The van der Waals surface area contributed by atoms with E-state index in [1.54, 1.807) is 16.9 Å². The molecule has 0 spiro atoms. The second-order valence-corrected chi connectivity index (χ2v) is 3.43. The van der Waals surface area contributed by atoms with Crippen molar-refractivity contribution in [3.63, 3.8) is 0 Å². The van der Waals surface area contributed by atoms with Gasteiger partial charge in [0.15, 0.2) is 5.65 Å². The molecule has 0 fully saturated rings. The second-order valence-electron chi connectivity index (χ2n) is 3.43. The summed E-state index contributed by atoms with van der Waals surface area (Å²) in [6, 6.07) is 0.179. The Morgan fingerprint density at radius 1 is 1.53 bits per heavy atom. The van der Waals surface area contributed by atoms with E-state index < -0.39 is 0 Å². The molecule has 80 valence electrons. The van der Waals surface area contributed by atoms with E-state index in [0.29, 0.717) is 5.65 Å². The van der Waals surface area contributed by atoms with Crippen molar-refractivity contribution in [3.05, 3.63) is 12.4 Å². The van der Waals surface area contributed by atoms with Crippen LogP contribution in [0.4, 0.5) is 5.82 Å². The van der Waals surface area contributed by atoms with Gasteiger partial charge in [-0.15, -0.1) is 5.10 Å². The van der Waals surface area contributed by atoms with Crippen LogP contribution >= 0.6 is 0 Å². The Kier molecular flexibility index (Phi) is 2.72. The van der Waals surface area contributed by atoms with E-state index >= 15 is 0 Å². The summed E-state index contributed by atoms with van der Waals surface area (Å²) in [5.41, 5.74) is 6.27. The van der Waals surface area contributed by atoms with Gasteiger partial charge < -0.3 is 11.1 Å². The van der Waals surface area contributed by atoms with E-state index in [0.717, 1.165) is 18.8 Å². The lowest BCUT2D eigenvalue weighted by Crippen LogP contribution is -2.19. The predicted molar refractivity (Wildman–Crippen MR) is 55.3 cm³/mol. The number of tetrazole rings is 1. The molecule has 0 radical (unpaired) electrons. The van der Waals surface area contributed by atoms with Crippen LogP contribution in [-0.4, -0.2) is 37.6 Å². The fourth-order valence-corrected chi connectivity index (χ4v) is 1.22. The van der Waals surface area contributed by atoms with E-state index in [1.807, 2.05) is 6.92 Å². The summed E-state index contributed by atoms with van der Waals surface area (Å²) >= 11 is 0. The van der Waals surface area contributed by atoms with Crippen molar-refractivity contribution < 1.29 is 0 Å². The fraction of sp³-hybridized carbons (Fsp3) is 0.500. The molecule has 3 N–H and O–H groups in total. The predicted octanol–water partition coefficient (Wildman–Crippen LogP) is -0.332. The van der Waals surface area contributed by atoms with Crippen molar-refractivity contribution in [2.24, 2.45) is 5.73 Å². The highest BCUT2D eigenvalue weighted by atomic mass is 15.5. The van der Waals surface area contributed by atoms with E-state index in [2.05, 4.69) is 25.8 Å². The molecule has 0 saturated carbocycles. The van der Waals surface area contributed by atoms with Gasteiger partial charge in [0, 0.05) is 12.6 Å². The normalized spacial score (nSPS) is 12.9.